The van der Waals surface area contributed by atoms with E-state index in [9.17, 15) is 13.2 Å². The quantitative estimate of drug-likeness (QED) is 0.832. The summed E-state index contributed by atoms with van der Waals surface area (Å²) >= 11 is 0. The molecule has 0 spiro atoms. The molecule has 0 aliphatic carbocycles. The van der Waals surface area contributed by atoms with Crippen LogP contribution in [0.15, 0.2) is 59.5 Å². The number of benzene rings is 2. The molecule has 2 aromatic rings. The van der Waals surface area contributed by atoms with Crippen LogP contribution in [-0.4, -0.2) is 21.4 Å². The molecule has 0 atom stereocenters. The van der Waals surface area contributed by atoms with Gasteiger partial charge in [-0.3, -0.25) is 9.10 Å². The van der Waals surface area contributed by atoms with Gasteiger partial charge in [-0.2, -0.15) is 0 Å². The van der Waals surface area contributed by atoms with Crippen LogP contribution in [0.4, 0.5) is 11.4 Å². The van der Waals surface area contributed by atoms with E-state index in [1.807, 2.05) is 13.0 Å². The number of hydrogen-bond acceptors (Lipinski definition) is 3. The Morgan fingerprint density at radius 2 is 1.79 bits per heavy atom. The summed E-state index contributed by atoms with van der Waals surface area (Å²) in [6, 6.07) is 15.2. The van der Waals surface area contributed by atoms with Crippen molar-refractivity contribution in [2.24, 2.45) is 0 Å². The molecule has 2 aromatic carbocycles. The summed E-state index contributed by atoms with van der Waals surface area (Å²) in [5, 5.41) is 2.75. The first-order valence-corrected chi connectivity index (χ1v) is 9.33. The van der Waals surface area contributed by atoms with Crippen molar-refractivity contribution in [1.29, 1.82) is 0 Å². The minimum Gasteiger partial charge on any atom is -0.326 e. The van der Waals surface area contributed by atoms with Gasteiger partial charge >= 0.3 is 0 Å². The van der Waals surface area contributed by atoms with Crippen LogP contribution in [0.2, 0.25) is 0 Å². The van der Waals surface area contributed by atoms with E-state index in [-0.39, 0.29) is 10.8 Å². The minimum atomic E-state index is -3.69. The first-order valence-electron chi connectivity index (χ1n) is 7.89. The van der Waals surface area contributed by atoms with Crippen LogP contribution in [-0.2, 0) is 14.8 Å². The molecule has 0 aromatic heterocycles. The van der Waals surface area contributed by atoms with Crippen molar-refractivity contribution in [3.05, 3.63) is 54.6 Å². The Morgan fingerprint density at radius 1 is 1.08 bits per heavy atom. The van der Waals surface area contributed by atoms with Crippen LogP contribution in [0.1, 0.15) is 26.2 Å². The highest BCUT2D eigenvalue weighted by molar-refractivity contribution is 7.92. The van der Waals surface area contributed by atoms with Gasteiger partial charge < -0.3 is 5.32 Å². The van der Waals surface area contributed by atoms with Crippen LogP contribution >= 0.6 is 0 Å². The van der Waals surface area contributed by atoms with Crippen molar-refractivity contribution in [2.75, 3.05) is 16.7 Å². The zero-order valence-electron chi connectivity index (χ0n) is 13.9. The predicted octanol–water partition coefficient (Wildman–Crippen LogP) is 3.64. The van der Waals surface area contributed by atoms with Crippen LogP contribution in [0.25, 0.3) is 0 Å². The molecule has 0 saturated carbocycles. The van der Waals surface area contributed by atoms with Crippen molar-refractivity contribution in [3.63, 3.8) is 0 Å². The number of nitrogens with zero attached hydrogens (tertiary/aromatic N) is 1. The Labute approximate surface area is 143 Å². The van der Waals surface area contributed by atoms with Gasteiger partial charge in [0.15, 0.2) is 0 Å². The molecule has 0 unspecified atom stereocenters. The Hall–Kier alpha value is -2.34. The SMILES string of the molecule is CCCCC(=O)Nc1cccc(S(=O)(=O)N(C)c2ccccc2)c1. The number of hydrogen-bond donors (Lipinski definition) is 1. The molecule has 5 nitrogen and oxygen atoms in total. The van der Waals surface area contributed by atoms with E-state index in [1.54, 1.807) is 36.4 Å². The van der Waals surface area contributed by atoms with Gasteiger partial charge in [0, 0.05) is 19.2 Å². The second-order valence-electron chi connectivity index (χ2n) is 5.49. The van der Waals surface area contributed by atoms with Gasteiger partial charge in [-0.1, -0.05) is 37.6 Å². The molecule has 0 saturated heterocycles. The molecule has 0 fully saturated rings. The number of carbonyl (C=O) groups is 1. The molecule has 0 aliphatic heterocycles. The van der Waals surface area contributed by atoms with Crippen molar-refractivity contribution < 1.29 is 13.2 Å². The lowest BCUT2D eigenvalue weighted by Crippen LogP contribution is -2.26. The van der Waals surface area contributed by atoms with Gasteiger partial charge in [-0.05, 0) is 36.8 Å². The van der Waals surface area contributed by atoms with Crippen LogP contribution < -0.4 is 9.62 Å². The fraction of sp³-hybridized carbons (Fsp3) is 0.278. The third-order valence-electron chi connectivity index (χ3n) is 3.65. The lowest BCUT2D eigenvalue weighted by atomic mass is 10.2. The molecular formula is C18H22N2O3S. The van der Waals surface area contributed by atoms with Gasteiger partial charge in [0.1, 0.15) is 0 Å². The maximum atomic E-state index is 12.8. The number of rotatable bonds is 7. The smallest absolute Gasteiger partial charge is 0.264 e. The number of anilines is 2. The highest BCUT2D eigenvalue weighted by atomic mass is 32.2. The lowest BCUT2D eigenvalue weighted by molar-refractivity contribution is -0.116. The van der Waals surface area contributed by atoms with E-state index in [0.29, 0.717) is 17.8 Å². The molecule has 2 rings (SSSR count). The Balaban J connectivity index is 2.22. The third-order valence-corrected chi connectivity index (χ3v) is 5.43. The van der Waals surface area contributed by atoms with E-state index < -0.39 is 10.0 Å². The minimum absolute atomic E-state index is 0.109. The largest absolute Gasteiger partial charge is 0.326 e. The van der Waals surface area contributed by atoms with Gasteiger partial charge in [-0.25, -0.2) is 8.42 Å². The van der Waals surface area contributed by atoms with Crippen LogP contribution in [0, 0.1) is 0 Å². The molecule has 1 N–H and O–H groups in total. The molecule has 0 bridgehead atoms. The molecule has 128 valence electrons. The average molecular weight is 346 g/mol. The topological polar surface area (TPSA) is 66.5 Å². The van der Waals surface area contributed by atoms with Gasteiger partial charge in [-0.15, -0.1) is 0 Å². The molecule has 24 heavy (non-hydrogen) atoms. The summed E-state index contributed by atoms with van der Waals surface area (Å²) in [6.45, 7) is 2.01. The van der Waals surface area contributed by atoms with E-state index in [1.165, 1.54) is 23.5 Å². The van der Waals surface area contributed by atoms with Crippen molar-refractivity contribution >= 4 is 27.3 Å². The first-order chi connectivity index (χ1) is 11.4. The molecule has 0 radical (unpaired) electrons. The van der Waals surface area contributed by atoms with Crippen molar-refractivity contribution in [2.45, 2.75) is 31.1 Å². The van der Waals surface area contributed by atoms with Crippen LogP contribution in [0.5, 0.6) is 0 Å². The second kappa shape index (κ2) is 7.97. The molecule has 0 heterocycles. The lowest BCUT2D eigenvalue weighted by Gasteiger charge is -2.19. The third kappa shape index (κ3) is 4.35. The highest BCUT2D eigenvalue weighted by Crippen LogP contribution is 2.23. The summed E-state index contributed by atoms with van der Waals surface area (Å²) in [5.74, 6) is -0.109. The summed E-state index contributed by atoms with van der Waals surface area (Å²) in [4.78, 5) is 12.0. The fourth-order valence-electron chi connectivity index (χ4n) is 2.23. The monoisotopic (exact) mass is 346 g/mol. The zero-order chi connectivity index (χ0) is 17.6. The number of amides is 1. The fourth-order valence-corrected chi connectivity index (χ4v) is 3.47. The van der Waals surface area contributed by atoms with Crippen molar-refractivity contribution in [3.8, 4) is 0 Å². The maximum Gasteiger partial charge on any atom is 0.264 e. The summed E-state index contributed by atoms with van der Waals surface area (Å²) in [5.41, 5.74) is 1.06. The summed E-state index contributed by atoms with van der Waals surface area (Å²) in [6.07, 6.45) is 2.17. The average Bonchev–Trinajstić information content (AvgIpc) is 2.60. The number of para-hydroxylation sites is 1. The van der Waals surface area contributed by atoms with Gasteiger partial charge in [0.2, 0.25) is 5.91 Å². The zero-order valence-corrected chi connectivity index (χ0v) is 14.7. The van der Waals surface area contributed by atoms with E-state index in [2.05, 4.69) is 5.32 Å². The number of carbonyl (C=O) groups excluding carboxylic acids is 1. The highest BCUT2D eigenvalue weighted by Gasteiger charge is 2.21. The molecular weight excluding hydrogens is 324 g/mol. The van der Waals surface area contributed by atoms with Gasteiger partial charge in [0.05, 0.1) is 10.6 Å². The van der Waals surface area contributed by atoms with Crippen LogP contribution in [0.3, 0.4) is 0 Å². The summed E-state index contributed by atoms with van der Waals surface area (Å²) < 4.78 is 26.7. The number of sulfonamides is 1. The second-order valence-corrected chi connectivity index (χ2v) is 7.46. The van der Waals surface area contributed by atoms with Gasteiger partial charge in [0.25, 0.3) is 10.0 Å². The first kappa shape index (κ1) is 18.0. The Kier molecular flexibility index (Phi) is 5.98. The number of unbranched alkanes of at least 4 members (excludes halogenated alkanes) is 1. The maximum absolute atomic E-state index is 12.8. The van der Waals surface area contributed by atoms with E-state index in [4.69, 9.17) is 0 Å². The Bertz CT molecular complexity index is 789. The Morgan fingerprint density at radius 3 is 2.46 bits per heavy atom. The molecule has 0 aliphatic rings. The normalized spacial score (nSPS) is 11.1. The van der Waals surface area contributed by atoms with Crippen molar-refractivity contribution in [1.82, 2.24) is 0 Å². The summed E-state index contributed by atoms with van der Waals surface area (Å²) in [7, 11) is -2.17. The molecule has 1 amide bonds. The molecule has 6 heteroatoms. The number of nitrogens with one attached hydrogen (secondary N) is 1. The predicted molar refractivity (Wildman–Crippen MR) is 96.6 cm³/mol. The van der Waals surface area contributed by atoms with E-state index >= 15 is 0 Å². The standard InChI is InChI=1S/C18H22N2O3S/c1-3-4-13-18(21)19-15-9-8-12-17(14-15)24(22,23)20(2)16-10-6-5-7-11-16/h5-12,14H,3-4,13H2,1-2H3,(H,19,21). The van der Waals surface area contributed by atoms with E-state index in [0.717, 1.165) is 12.8 Å².